The average molecular weight is 225 g/mol. The standard InChI is InChI=1S/C12H13F2NO/c13-10-5-9(6-11(14)7-10)1-3-15-4-2-12(16)8-15/h5-7H,1-4,8H2. The van der Waals surface area contributed by atoms with Crippen LogP contribution < -0.4 is 0 Å². The van der Waals surface area contributed by atoms with E-state index >= 15 is 0 Å². The van der Waals surface area contributed by atoms with Crippen LogP contribution in [0, 0.1) is 11.6 Å². The number of nitrogens with zero attached hydrogens (tertiary/aromatic N) is 1. The van der Waals surface area contributed by atoms with Crippen LogP contribution in [0.2, 0.25) is 0 Å². The molecule has 1 heterocycles. The lowest BCUT2D eigenvalue weighted by Crippen LogP contribution is -2.23. The molecule has 86 valence electrons. The maximum Gasteiger partial charge on any atom is 0.148 e. The molecule has 0 aromatic heterocycles. The lowest BCUT2D eigenvalue weighted by Gasteiger charge is -2.13. The smallest absolute Gasteiger partial charge is 0.148 e. The summed E-state index contributed by atoms with van der Waals surface area (Å²) >= 11 is 0. The molecule has 0 aliphatic carbocycles. The van der Waals surface area contributed by atoms with Gasteiger partial charge in [0.05, 0.1) is 6.54 Å². The van der Waals surface area contributed by atoms with Gasteiger partial charge in [-0.05, 0) is 24.1 Å². The Bertz CT molecular complexity index is 386. The molecule has 1 aliphatic heterocycles. The summed E-state index contributed by atoms with van der Waals surface area (Å²) in [6.45, 7) is 1.91. The number of hydrogen-bond donors (Lipinski definition) is 0. The van der Waals surface area contributed by atoms with Crippen LogP contribution in [0.5, 0.6) is 0 Å². The molecule has 0 N–H and O–H groups in total. The number of Topliss-reactive ketones (excluding diaryl/α,β-unsaturated/α-hetero) is 1. The fourth-order valence-corrected chi connectivity index (χ4v) is 1.92. The first-order valence-electron chi connectivity index (χ1n) is 5.32. The summed E-state index contributed by atoms with van der Waals surface area (Å²) in [5, 5.41) is 0. The molecule has 4 heteroatoms. The molecular formula is C12H13F2NO. The van der Waals surface area contributed by atoms with Crippen LogP contribution in [-0.4, -0.2) is 30.3 Å². The van der Waals surface area contributed by atoms with Gasteiger partial charge in [-0.1, -0.05) is 0 Å². The van der Waals surface area contributed by atoms with Crippen molar-refractivity contribution in [1.29, 1.82) is 0 Å². The molecule has 0 amide bonds. The zero-order valence-corrected chi connectivity index (χ0v) is 8.88. The predicted molar refractivity (Wildman–Crippen MR) is 56.1 cm³/mol. The second-order valence-corrected chi connectivity index (χ2v) is 4.09. The summed E-state index contributed by atoms with van der Waals surface area (Å²) in [4.78, 5) is 13.0. The van der Waals surface area contributed by atoms with Crippen molar-refractivity contribution in [2.45, 2.75) is 12.8 Å². The average Bonchev–Trinajstić information content (AvgIpc) is 2.60. The molecule has 1 aromatic rings. The van der Waals surface area contributed by atoms with Gasteiger partial charge in [0.15, 0.2) is 0 Å². The minimum absolute atomic E-state index is 0.241. The molecule has 0 radical (unpaired) electrons. The van der Waals surface area contributed by atoms with Gasteiger partial charge in [0.1, 0.15) is 17.4 Å². The molecule has 2 nitrogen and oxygen atoms in total. The highest BCUT2D eigenvalue weighted by Crippen LogP contribution is 2.11. The molecule has 0 spiro atoms. The van der Waals surface area contributed by atoms with Gasteiger partial charge in [0.25, 0.3) is 0 Å². The van der Waals surface area contributed by atoms with Gasteiger partial charge in [0, 0.05) is 25.6 Å². The number of rotatable bonds is 3. The minimum atomic E-state index is -0.549. The van der Waals surface area contributed by atoms with Gasteiger partial charge in [-0.15, -0.1) is 0 Å². The summed E-state index contributed by atoms with van der Waals surface area (Å²) in [6, 6.07) is 3.53. The van der Waals surface area contributed by atoms with E-state index < -0.39 is 11.6 Å². The monoisotopic (exact) mass is 225 g/mol. The van der Waals surface area contributed by atoms with E-state index in [1.54, 1.807) is 0 Å². The third kappa shape index (κ3) is 2.85. The molecule has 0 bridgehead atoms. The third-order valence-corrected chi connectivity index (χ3v) is 2.75. The SMILES string of the molecule is O=C1CCN(CCc2cc(F)cc(F)c2)C1. The number of carbonyl (C=O) groups is 1. The van der Waals surface area contributed by atoms with Crippen LogP contribution in [0.4, 0.5) is 8.78 Å². The predicted octanol–water partition coefficient (Wildman–Crippen LogP) is 1.78. The Balaban J connectivity index is 1.91. The second kappa shape index (κ2) is 4.70. The number of ketones is 1. The van der Waals surface area contributed by atoms with Crippen LogP contribution in [0.25, 0.3) is 0 Å². The number of benzene rings is 1. The molecule has 2 rings (SSSR count). The second-order valence-electron chi connectivity index (χ2n) is 4.09. The normalized spacial score (nSPS) is 17.0. The fraction of sp³-hybridized carbons (Fsp3) is 0.417. The zero-order valence-electron chi connectivity index (χ0n) is 8.88. The lowest BCUT2D eigenvalue weighted by atomic mass is 10.1. The van der Waals surface area contributed by atoms with E-state index in [1.807, 2.05) is 4.90 Å². The third-order valence-electron chi connectivity index (χ3n) is 2.75. The Morgan fingerprint density at radius 2 is 1.88 bits per heavy atom. The molecule has 0 unspecified atom stereocenters. The molecular weight excluding hydrogens is 212 g/mol. The van der Waals surface area contributed by atoms with Gasteiger partial charge in [-0.3, -0.25) is 9.69 Å². The quantitative estimate of drug-likeness (QED) is 0.781. The van der Waals surface area contributed by atoms with Gasteiger partial charge < -0.3 is 0 Å². The van der Waals surface area contributed by atoms with E-state index in [9.17, 15) is 13.6 Å². The van der Waals surface area contributed by atoms with Crippen molar-refractivity contribution in [3.63, 3.8) is 0 Å². The topological polar surface area (TPSA) is 20.3 Å². The van der Waals surface area contributed by atoms with Crippen LogP contribution in [-0.2, 0) is 11.2 Å². The van der Waals surface area contributed by atoms with Crippen LogP contribution in [0.3, 0.4) is 0 Å². The Morgan fingerprint density at radius 3 is 2.44 bits per heavy atom. The lowest BCUT2D eigenvalue weighted by molar-refractivity contribution is -0.116. The molecule has 1 aromatic carbocycles. The Labute approximate surface area is 92.9 Å². The largest absolute Gasteiger partial charge is 0.298 e. The first-order chi connectivity index (χ1) is 7.63. The number of hydrogen-bond acceptors (Lipinski definition) is 2. The van der Waals surface area contributed by atoms with E-state index in [1.165, 1.54) is 12.1 Å². The number of carbonyl (C=O) groups excluding carboxylic acids is 1. The molecule has 16 heavy (non-hydrogen) atoms. The Morgan fingerprint density at radius 1 is 1.19 bits per heavy atom. The summed E-state index contributed by atoms with van der Waals surface area (Å²) in [5.41, 5.74) is 0.636. The highest BCUT2D eigenvalue weighted by molar-refractivity contribution is 5.82. The van der Waals surface area contributed by atoms with Gasteiger partial charge in [-0.25, -0.2) is 8.78 Å². The van der Waals surface area contributed by atoms with Crippen molar-refractivity contribution in [2.75, 3.05) is 19.6 Å². The van der Waals surface area contributed by atoms with Crippen molar-refractivity contribution < 1.29 is 13.6 Å². The van der Waals surface area contributed by atoms with E-state index in [0.29, 0.717) is 31.5 Å². The van der Waals surface area contributed by atoms with Crippen molar-refractivity contribution in [2.24, 2.45) is 0 Å². The van der Waals surface area contributed by atoms with Gasteiger partial charge in [-0.2, -0.15) is 0 Å². The summed E-state index contributed by atoms with van der Waals surface area (Å²) in [7, 11) is 0. The maximum absolute atomic E-state index is 12.9. The zero-order chi connectivity index (χ0) is 11.5. The summed E-state index contributed by atoms with van der Waals surface area (Å²) in [5.74, 6) is -0.856. The highest BCUT2D eigenvalue weighted by atomic mass is 19.1. The van der Waals surface area contributed by atoms with E-state index in [-0.39, 0.29) is 5.78 Å². The van der Waals surface area contributed by atoms with Crippen LogP contribution >= 0.6 is 0 Å². The van der Waals surface area contributed by atoms with E-state index in [2.05, 4.69) is 0 Å². The highest BCUT2D eigenvalue weighted by Gasteiger charge is 2.18. The van der Waals surface area contributed by atoms with Crippen molar-refractivity contribution in [3.05, 3.63) is 35.4 Å². The van der Waals surface area contributed by atoms with E-state index in [4.69, 9.17) is 0 Å². The number of likely N-dealkylation sites (tertiary alicyclic amines) is 1. The summed E-state index contributed by atoms with van der Waals surface area (Å²) in [6.07, 6.45) is 1.17. The maximum atomic E-state index is 12.9. The van der Waals surface area contributed by atoms with Gasteiger partial charge in [0.2, 0.25) is 0 Å². The fourth-order valence-electron chi connectivity index (χ4n) is 1.92. The Hall–Kier alpha value is -1.29. The van der Waals surface area contributed by atoms with Crippen LogP contribution in [0.1, 0.15) is 12.0 Å². The van der Waals surface area contributed by atoms with E-state index in [0.717, 1.165) is 12.6 Å². The van der Waals surface area contributed by atoms with Crippen molar-refractivity contribution in [3.8, 4) is 0 Å². The molecule has 1 fully saturated rings. The molecule has 1 saturated heterocycles. The van der Waals surface area contributed by atoms with Gasteiger partial charge >= 0.3 is 0 Å². The molecule has 0 atom stereocenters. The molecule has 1 aliphatic rings. The van der Waals surface area contributed by atoms with Crippen molar-refractivity contribution in [1.82, 2.24) is 4.90 Å². The first-order valence-corrected chi connectivity index (χ1v) is 5.32. The summed E-state index contributed by atoms with van der Waals surface area (Å²) < 4.78 is 25.8. The molecule has 0 saturated carbocycles. The van der Waals surface area contributed by atoms with Crippen molar-refractivity contribution >= 4 is 5.78 Å². The number of halogens is 2. The Kier molecular flexibility index (Phi) is 3.29. The minimum Gasteiger partial charge on any atom is -0.298 e. The van der Waals surface area contributed by atoms with Crippen LogP contribution in [0.15, 0.2) is 18.2 Å². The first kappa shape index (κ1) is 11.2.